The maximum atomic E-state index is 13.8. The number of anilines is 3. The topological polar surface area (TPSA) is 85.7 Å². The maximum Gasteiger partial charge on any atom is 0.317 e. The number of para-hydroxylation sites is 2. The Hall–Kier alpha value is -3.85. The second kappa shape index (κ2) is 10.7. The first kappa shape index (κ1) is 25.4. The minimum Gasteiger partial charge on any atom is -0.338 e. The fraction of sp³-hybridized carbons (Fsp3) is 0.433. The fourth-order valence-electron chi connectivity index (χ4n) is 5.78. The van der Waals surface area contributed by atoms with Crippen molar-refractivity contribution in [3.63, 3.8) is 0 Å². The molecule has 39 heavy (non-hydrogen) atoms. The number of aryl methyl sites for hydroxylation is 2. The Balaban J connectivity index is 1.10. The summed E-state index contributed by atoms with van der Waals surface area (Å²) in [5.74, 6) is 1.68. The smallest absolute Gasteiger partial charge is 0.317 e. The van der Waals surface area contributed by atoms with Crippen molar-refractivity contribution >= 4 is 29.1 Å². The molecule has 0 unspecified atom stereocenters. The SMILES string of the molecule is Cc1cc(C(=O)N2Cc3cnn(C)c3Nc3ccccc32)ccc1CNC(=O)N1CCN(CC2CCC2)CC1. The zero-order valence-electron chi connectivity index (χ0n) is 22.8. The summed E-state index contributed by atoms with van der Waals surface area (Å²) in [5, 5.41) is 10.9. The number of urea groups is 1. The number of hydrogen-bond donors (Lipinski definition) is 2. The van der Waals surface area contributed by atoms with Gasteiger partial charge in [0.15, 0.2) is 0 Å². The molecule has 1 aliphatic carbocycles. The summed E-state index contributed by atoms with van der Waals surface area (Å²) in [7, 11) is 1.89. The molecular weight excluding hydrogens is 490 g/mol. The van der Waals surface area contributed by atoms with E-state index in [0.29, 0.717) is 18.7 Å². The molecule has 2 aliphatic heterocycles. The van der Waals surface area contributed by atoms with E-state index in [2.05, 4.69) is 20.6 Å². The predicted octanol–water partition coefficient (Wildman–Crippen LogP) is 4.26. The number of benzene rings is 2. The van der Waals surface area contributed by atoms with Crippen LogP contribution in [0.15, 0.2) is 48.7 Å². The molecule has 204 valence electrons. The summed E-state index contributed by atoms with van der Waals surface area (Å²) in [6.07, 6.45) is 5.90. The highest BCUT2D eigenvalue weighted by Crippen LogP contribution is 2.36. The lowest BCUT2D eigenvalue weighted by atomic mass is 9.85. The van der Waals surface area contributed by atoms with Crippen LogP contribution in [0.2, 0.25) is 0 Å². The number of fused-ring (bicyclic) bond motifs is 2. The molecule has 2 N–H and O–H groups in total. The van der Waals surface area contributed by atoms with Gasteiger partial charge in [0.25, 0.3) is 5.91 Å². The summed E-state index contributed by atoms with van der Waals surface area (Å²) in [5.41, 5.74) is 5.27. The molecule has 0 spiro atoms. The highest BCUT2D eigenvalue weighted by atomic mass is 16.2. The molecule has 0 bridgehead atoms. The van der Waals surface area contributed by atoms with E-state index < -0.39 is 0 Å². The lowest BCUT2D eigenvalue weighted by Crippen LogP contribution is -2.52. The van der Waals surface area contributed by atoms with E-state index in [-0.39, 0.29) is 11.9 Å². The van der Waals surface area contributed by atoms with E-state index in [9.17, 15) is 9.59 Å². The van der Waals surface area contributed by atoms with Crippen molar-refractivity contribution in [1.29, 1.82) is 0 Å². The van der Waals surface area contributed by atoms with Crippen LogP contribution in [0.3, 0.4) is 0 Å². The number of amides is 3. The molecular formula is C30H37N7O2. The number of nitrogens with one attached hydrogen (secondary N) is 2. The molecule has 1 aromatic heterocycles. The highest BCUT2D eigenvalue weighted by molar-refractivity contribution is 6.08. The zero-order chi connectivity index (χ0) is 26.9. The van der Waals surface area contributed by atoms with E-state index in [0.717, 1.165) is 66.0 Å². The number of carbonyl (C=O) groups is 2. The van der Waals surface area contributed by atoms with Crippen LogP contribution in [0.4, 0.5) is 22.0 Å². The van der Waals surface area contributed by atoms with Crippen molar-refractivity contribution in [2.24, 2.45) is 13.0 Å². The van der Waals surface area contributed by atoms with Gasteiger partial charge >= 0.3 is 6.03 Å². The van der Waals surface area contributed by atoms with E-state index in [1.54, 1.807) is 15.8 Å². The minimum atomic E-state index is -0.0700. The summed E-state index contributed by atoms with van der Waals surface area (Å²) < 4.78 is 1.79. The van der Waals surface area contributed by atoms with E-state index in [1.807, 2.05) is 61.3 Å². The van der Waals surface area contributed by atoms with Crippen molar-refractivity contribution in [3.8, 4) is 0 Å². The van der Waals surface area contributed by atoms with Crippen molar-refractivity contribution in [3.05, 3.63) is 70.9 Å². The molecule has 0 atom stereocenters. The Morgan fingerprint density at radius 2 is 1.87 bits per heavy atom. The van der Waals surface area contributed by atoms with Gasteiger partial charge in [0.05, 0.1) is 24.1 Å². The fourth-order valence-corrected chi connectivity index (χ4v) is 5.78. The van der Waals surface area contributed by atoms with Gasteiger partial charge in [0.1, 0.15) is 5.82 Å². The van der Waals surface area contributed by atoms with Crippen LogP contribution in [-0.2, 0) is 20.1 Å². The number of nitrogens with zero attached hydrogens (tertiary/aromatic N) is 5. The third-order valence-electron chi connectivity index (χ3n) is 8.46. The number of piperazine rings is 1. The van der Waals surface area contributed by atoms with Crippen LogP contribution in [0.25, 0.3) is 0 Å². The summed E-state index contributed by atoms with van der Waals surface area (Å²) in [6.45, 7) is 7.50. The normalized spacial score (nSPS) is 17.5. The summed E-state index contributed by atoms with van der Waals surface area (Å²) in [6, 6.07) is 13.6. The average molecular weight is 528 g/mol. The molecule has 0 radical (unpaired) electrons. The lowest BCUT2D eigenvalue weighted by Gasteiger charge is -2.38. The quantitative estimate of drug-likeness (QED) is 0.518. The van der Waals surface area contributed by atoms with Crippen molar-refractivity contribution in [1.82, 2.24) is 24.9 Å². The Morgan fingerprint density at radius 1 is 1.08 bits per heavy atom. The standard InChI is InChI=1S/C30H37N7O2/c1-21-16-23(29(38)37-20-25-18-32-34(2)28(25)33-26-8-3-4-9-27(26)37)10-11-24(21)17-31-30(39)36-14-12-35(13-15-36)19-22-6-5-7-22/h3-4,8-11,16,18,22,33H,5-7,12-15,17,19-20H2,1-2H3,(H,31,39). The molecule has 1 saturated carbocycles. The second-order valence-electron chi connectivity index (χ2n) is 11.1. The van der Waals surface area contributed by atoms with Crippen molar-refractivity contribution in [2.45, 2.75) is 39.3 Å². The monoisotopic (exact) mass is 527 g/mol. The first-order chi connectivity index (χ1) is 19.0. The zero-order valence-corrected chi connectivity index (χ0v) is 22.8. The third-order valence-corrected chi connectivity index (χ3v) is 8.46. The number of aromatic nitrogens is 2. The molecule has 6 rings (SSSR count). The molecule has 3 aromatic rings. The Bertz CT molecular complexity index is 1370. The van der Waals surface area contributed by atoms with Crippen LogP contribution in [0.5, 0.6) is 0 Å². The van der Waals surface area contributed by atoms with Gasteiger partial charge in [-0.3, -0.25) is 14.4 Å². The van der Waals surface area contributed by atoms with Gasteiger partial charge in [-0.2, -0.15) is 5.10 Å². The van der Waals surface area contributed by atoms with E-state index in [4.69, 9.17) is 0 Å². The summed E-state index contributed by atoms with van der Waals surface area (Å²) >= 11 is 0. The summed E-state index contributed by atoms with van der Waals surface area (Å²) in [4.78, 5) is 32.8. The van der Waals surface area contributed by atoms with Gasteiger partial charge in [-0.15, -0.1) is 0 Å². The molecule has 3 aliphatic rings. The predicted molar refractivity (Wildman–Crippen MR) is 152 cm³/mol. The van der Waals surface area contributed by atoms with Gasteiger partial charge in [-0.25, -0.2) is 4.79 Å². The molecule has 2 aromatic carbocycles. The second-order valence-corrected chi connectivity index (χ2v) is 11.1. The van der Waals surface area contributed by atoms with Crippen LogP contribution in [-0.4, -0.2) is 64.2 Å². The first-order valence-corrected chi connectivity index (χ1v) is 14.0. The third kappa shape index (κ3) is 5.23. The average Bonchev–Trinajstić information content (AvgIpc) is 3.17. The van der Waals surface area contributed by atoms with Gasteiger partial charge < -0.3 is 20.4 Å². The minimum absolute atomic E-state index is 0.0150. The van der Waals surface area contributed by atoms with Gasteiger partial charge in [-0.05, 0) is 61.1 Å². The largest absolute Gasteiger partial charge is 0.338 e. The Kier molecular flexibility index (Phi) is 6.99. The first-order valence-electron chi connectivity index (χ1n) is 14.0. The van der Waals surface area contributed by atoms with Crippen LogP contribution >= 0.6 is 0 Å². The molecule has 2 fully saturated rings. The van der Waals surface area contributed by atoms with Gasteiger partial charge in [0, 0.05) is 57.4 Å². The van der Waals surface area contributed by atoms with Crippen molar-refractivity contribution < 1.29 is 9.59 Å². The number of carbonyl (C=O) groups excluding carboxylic acids is 2. The molecule has 3 heterocycles. The van der Waals surface area contributed by atoms with E-state index in [1.165, 1.54) is 25.8 Å². The van der Waals surface area contributed by atoms with Crippen LogP contribution < -0.4 is 15.5 Å². The van der Waals surface area contributed by atoms with Gasteiger partial charge in [-0.1, -0.05) is 24.6 Å². The van der Waals surface area contributed by atoms with Gasteiger partial charge in [0.2, 0.25) is 0 Å². The molecule has 1 saturated heterocycles. The Labute approximate surface area is 229 Å². The van der Waals surface area contributed by atoms with Crippen LogP contribution in [0.1, 0.15) is 46.3 Å². The van der Waals surface area contributed by atoms with Crippen LogP contribution in [0, 0.1) is 12.8 Å². The van der Waals surface area contributed by atoms with E-state index >= 15 is 0 Å². The molecule has 3 amide bonds. The lowest BCUT2D eigenvalue weighted by molar-refractivity contribution is 0.0985. The molecule has 9 nitrogen and oxygen atoms in total. The van der Waals surface area contributed by atoms with Crippen molar-refractivity contribution in [2.75, 3.05) is 42.9 Å². The highest BCUT2D eigenvalue weighted by Gasteiger charge is 2.28. The molecule has 9 heteroatoms. The Morgan fingerprint density at radius 3 is 2.62 bits per heavy atom. The number of hydrogen-bond acceptors (Lipinski definition) is 5. The maximum absolute atomic E-state index is 13.8. The number of rotatable bonds is 5.